The van der Waals surface area contributed by atoms with E-state index < -0.39 is 11.5 Å². The molecule has 1 aromatic carbocycles. The molecule has 1 aromatic heterocycles. The lowest BCUT2D eigenvalue weighted by molar-refractivity contribution is -0.386. The zero-order valence-electron chi connectivity index (χ0n) is 11.5. The molecule has 0 unspecified atom stereocenters. The molecule has 0 atom stereocenters. The Labute approximate surface area is 124 Å². The summed E-state index contributed by atoms with van der Waals surface area (Å²) in [5.41, 5.74) is 0.866. The number of nitrogens with zero attached hydrogens (tertiary/aromatic N) is 2. The number of methoxy groups -OCH3 is 1. The smallest absolute Gasteiger partial charge is 0.278 e. The van der Waals surface area contributed by atoms with Gasteiger partial charge in [0.15, 0.2) is 11.5 Å². The van der Waals surface area contributed by atoms with Gasteiger partial charge in [-0.2, -0.15) is 0 Å². The minimum atomic E-state index is -0.564. The number of ether oxygens (including phenoxy) is 2. The van der Waals surface area contributed by atoms with E-state index in [9.17, 15) is 15.2 Å². The monoisotopic (exact) mass is 310 g/mol. The van der Waals surface area contributed by atoms with Gasteiger partial charge in [-0.3, -0.25) is 10.1 Å². The predicted octanol–water partition coefficient (Wildman–Crippen LogP) is 2.44. The summed E-state index contributed by atoms with van der Waals surface area (Å²) >= 11 is 1.45. The van der Waals surface area contributed by atoms with Crippen LogP contribution < -0.4 is 9.47 Å². The van der Waals surface area contributed by atoms with E-state index >= 15 is 0 Å². The molecule has 0 aliphatic carbocycles. The summed E-state index contributed by atoms with van der Waals surface area (Å²) in [6.07, 6.45) is 0. The Kier molecular flexibility index (Phi) is 4.71. The molecule has 0 saturated heterocycles. The van der Waals surface area contributed by atoms with Gasteiger partial charge in [0.2, 0.25) is 0 Å². The molecule has 8 heteroatoms. The number of rotatable bonds is 6. The second-order valence-corrected chi connectivity index (χ2v) is 5.16. The van der Waals surface area contributed by atoms with Crippen molar-refractivity contribution in [3.05, 3.63) is 43.9 Å². The fourth-order valence-corrected chi connectivity index (χ4v) is 2.45. The summed E-state index contributed by atoms with van der Waals surface area (Å²) in [7, 11) is 1.43. The highest BCUT2D eigenvalue weighted by atomic mass is 32.1. The highest BCUT2D eigenvalue weighted by Gasteiger charge is 2.19. The molecule has 7 nitrogen and oxygen atoms in total. The second kappa shape index (κ2) is 6.51. The Hall–Kier alpha value is -2.19. The van der Waals surface area contributed by atoms with Crippen molar-refractivity contribution in [1.29, 1.82) is 0 Å². The van der Waals surface area contributed by atoms with E-state index in [1.54, 1.807) is 0 Å². The van der Waals surface area contributed by atoms with Crippen LogP contribution in [0.2, 0.25) is 0 Å². The highest BCUT2D eigenvalue weighted by molar-refractivity contribution is 7.09. The Morgan fingerprint density at radius 2 is 2.19 bits per heavy atom. The number of hydrogen-bond donors (Lipinski definition) is 1. The molecule has 2 aromatic rings. The van der Waals surface area contributed by atoms with Crippen LogP contribution in [0.3, 0.4) is 0 Å². The number of hydrogen-bond acceptors (Lipinski definition) is 7. The zero-order valence-corrected chi connectivity index (χ0v) is 12.3. The number of benzene rings is 1. The van der Waals surface area contributed by atoms with Gasteiger partial charge in [0.05, 0.1) is 30.3 Å². The van der Waals surface area contributed by atoms with Crippen LogP contribution in [0.4, 0.5) is 5.69 Å². The van der Waals surface area contributed by atoms with Crippen molar-refractivity contribution >= 4 is 17.0 Å². The number of aryl methyl sites for hydroxylation is 1. The van der Waals surface area contributed by atoms with Gasteiger partial charge in [-0.05, 0) is 13.0 Å². The van der Waals surface area contributed by atoms with E-state index in [1.807, 2.05) is 12.3 Å². The van der Waals surface area contributed by atoms with Crippen molar-refractivity contribution in [3.63, 3.8) is 0 Å². The molecule has 0 saturated carbocycles. The number of nitro benzene ring substituents is 1. The molecule has 0 amide bonds. The molecule has 0 aliphatic rings. The first-order valence-electron chi connectivity index (χ1n) is 6.05. The van der Waals surface area contributed by atoms with Crippen molar-refractivity contribution in [2.75, 3.05) is 7.11 Å². The summed E-state index contributed by atoms with van der Waals surface area (Å²) in [5.74, 6) is 0.576. The molecule has 1 N–H and O–H groups in total. The molecule has 2 rings (SSSR count). The lowest BCUT2D eigenvalue weighted by Crippen LogP contribution is -2.01. The Morgan fingerprint density at radius 1 is 1.43 bits per heavy atom. The molecule has 1 heterocycles. The first-order valence-corrected chi connectivity index (χ1v) is 6.93. The average molecular weight is 310 g/mol. The lowest BCUT2D eigenvalue weighted by Gasteiger charge is -2.11. The number of aliphatic hydroxyl groups excluding tert-OH is 1. The Balaban J connectivity index is 2.28. The molecular weight excluding hydrogens is 296 g/mol. The quantitative estimate of drug-likeness (QED) is 0.650. The van der Waals surface area contributed by atoms with Gasteiger partial charge in [-0.25, -0.2) is 4.98 Å². The van der Waals surface area contributed by atoms with Gasteiger partial charge in [0.1, 0.15) is 11.6 Å². The third-order valence-electron chi connectivity index (χ3n) is 2.75. The molecule has 0 fully saturated rings. The summed E-state index contributed by atoms with van der Waals surface area (Å²) < 4.78 is 10.7. The van der Waals surface area contributed by atoms with Crippen molar-refractivity contribution in [2.24, 2.45) is 0 Å². The second-order valence-electron chi connectivity index (χ2n) is 4.22. The predicted molar refractivity (Wildman–Crippen MR) is 76.8 cm³/mol. The van der Waals surface area contributed by atoms with Crippen LogP contribution in [-0.4, -0.2) is 22.1 Å². The van der Waals surface area contributed by atoms with E-state index in [1.165, 1.54) is 30.6 Å². The minimum absolute atomic E-state index is 0.175. The van der Waals surface area contributed by atoms with E-state index in [0.29, 0.717) is 5.75 Å². The molecule has 0 aliphatic heterocycles. The normalized spacial score (nSPS) is 10.4. The Morgan fingerprint density at radius 3 is 2.71 bits per heavy atom. The van der Waals surface area contributed by atoms with Crippen molar-refractivity contribution < 1.29 is 19.5 Å². The van der Waals surface area contributed by atoms with Crippen LogP contribution in [0.25, 0.3) is 0 Å². The van der Waals surface area contributed by atoms with Crippen LogP contribution in [0.15, 0.2) is 17.5 Å². The number of nitro groups is 1. The van der Waals surface area contributed by atoms with Gasteiger partial charge in [0.25, 0.3) is 5.69 Å². The summed E-state index contributed by atoms with van der Waals surface area (Å²) in [5, 5.41) is 22.8. The molecule has 0 radical (unpaired) electrons. The van der Waals surface area contributed by atoms with Gasteiger partial charge in [0, 0.05) is 11.1 Å². The zero-order chi connectivity index (χ0) is 15.4. The van der Waals surface area contributed by atoms with Gasteiger partial charge >= 0.3 is 0 Å². The van der Waals surface area contributed by atoms with E-state index in [0.717, 1.165) is 10.7 Å². The van der Waals surface area contributed by atoms with Crippen molar-refractivity contribution in [1.82, 2.24) is 4.98 Å². The van der Waals surface area contributed by atoms with E-state index in [-0.39, 0.29) is 23.6 Å². The number of aliphatic hydroxyl groups is 1. The maximum Gasteiger partial charge on any atom is 0.278 e. The van der Waals surface area contributed by atoms with Crippen LogP contribution >= 0.6 is 11.3 Å². The van der Waals surface area contributed by atoms with Gasteiger partial charge < -0.3 is 14.6 Å². The fourth-order valence-electron chi connectivity index (χ4n) is 1.77. The third-order valence-corrected chi connectivity index (χ3v) is 3.69. The average Bonchev–Trinajstić information content (AvgIpc) is 2.89. The van der Waals surface area contributed by atoms with E-state index in [4.69, 9.17) is 9.47 Å². The molecule has 0 spiro atoms. The fraction of sp³-hybridized carbons (Fsp3) is 0.308. The minimum Gasteiger partial charge on any atom is -0.493 e. The molecular formula is C13H14N2O5S. The van der Waals surface area contributed by atoms with Crippen LogP contribution in [0.5, 0.6) is 11.5 Å². The molecule has 112 valence electrons. The Bertz CT molecular complexity index is 656. The number of aromatic nitrogens is 1. The van der Waals surface area contributed by atoms with Crippen LogP contribution in [0, 0.1) is 17.0 Å². The largest absolute Gasteiger partial charge is 0.493 e. The van der Waals surface area contributed by atoms with Gasteiger partial charge in [-0.15, -0.1) is 11.3 Å². The molecule has 0 bridgehead atoms. The van der Waals surface area contributed by atoms with Crippen LogP contribution in [-0.2, 0) is 13.2 Å². The maximum absolute atomic E-state index is 11.0. The summed E-state index contributed by atoms with van der Waals surface area (Å²) in [6, 6.07) is 2.66. The standard InChI is InChI=1S/C13H14N2O5S/c1-8-7-21-13(14-8)6-20-12-4-10(15(17)18)9(5-16)3-11(12)19-2/h3-4,7,16H,5-6H2,1-2H3. The SMILES string of the molecule is COc1cc(CO)c([N+](=O)[O-])cc1OCc1nc(C)cs1. The number of thiazole rings is 1. The topological polar surface area (TPSA) is 94.7 Å². The van der Waals surface area contributed by atoms with E-state index in [2.05, 4.69) is 4.98 Å². The van der Waals surface area contributed by atoms with Gasteiger partial charge in [-0.1, -0.05) is 0 Å². The third kappa shape index (κ3) is 3.47. The first-order chi connectivity index (χ1) is 10.0. The molecule has 21 heavy (non-hydrogen) atoms. The lowest BCUT2D eigenvalue weighted by atomic mass is 10.1. The summed E-state index contributed by atoms with van der Waals surface area (Å²) in [4.78, 5) is 14.7. The first kappa shape index (κ1) is 15.2. The van der Waals surface area contributed by atoms with Crippen molar-refractivity contribution in [3.8, 4) is 11.5 Å². The van der Waals surface area contributed by atoms with Crippen molar-refractivity contribution in [2.45, 2.75) is 20.1 Å². The highest BCUT2D eigenvalue weighted by Crippen LogP contribution is 2.35. The van der Waals surface area contributed by atoms with Crippen LogP contribution in [0.1, 0.15) is 16.3 Å². The maximum atomic E-state index is 11.0. The summed E-state index contributed by atoms with van der Waals surface area (Å²) in [6.45, 7) is 1.63.